The number of rotatable bonds is 5. The first-order valence-corrected chi connectivity index (χ1v) is 8.50. The van der Waals surface area contributed by atoms with E-state index in [0.29, 0.717) is 23.1 Å². The van der Waals surface area contributed by atoms with Gasteiger partial charge in [0.05, 0.1) is 11.0 Å². The maximum absolute atomic E-state index is 13.4. The fourth-order valence-corrected chi connectivity index (χ4v) is 2.93. The van der Waals surface area contributed by atoms with Crippen molar-refractivity contribution in [1.82, 2.24) is 19.4 Å². The smallest absolute Gasteiger partial charge is 0.302 e. The highest BCUT2D eigenvalue weighted by molar-refractivity contribution is 5.80. The summed E-state index contributed by atoms with van der Waals surface area (Å²) in [5.41, 5.74) is 4.09. The van der Waals surface area contributed by atoms with Gasteiger partial charge in [-0.15, -0.1) is 0 Å². The number of aromatic nitrogens is 3. The fraction of sp³-hybridized carbons (Fsp3) is 0.263. The van der Waals surface area contributed by atoms with Crippen LogP contribution in [0.2, 0.25) is 0 Å². The Morgan fingerprint density at radius 3 is 2.81 bits per heavy atom. The minimum absolute atomic E-state index is 0.311. The first kappa shape index (κ1) is 16.5. The van der Waals surface area contributed by atoms with E-state index in [1.165, 1.54) is 17.7 Å². The van der Waals surface area contributed by atoms with Crippen molar-refractivity contribution in [3.05, 3.63) is 47.8 Å². The van der Waals surface area contributed by atoms with Crippen LogP contribution in [0.3, 0.4) is 0 Å². The van der Waals surface area contributed by atoms with Gasteiger partial charge in [0.15, 0.2) is 5.58 Å². The van der Waals surface area contributed by atoms with E-state index >= 15 is 0 Å². The topological polar surface area (TPSA) is 59.1 Å². The fourth-order valence-electron chi connectivity index (χ4n) is 2.93. The minimum atomic E-state index is -0.311. The summed E-state index contributed by atoms with van der Waals surface area (Å²) in [6.07, 6.45) is 0. The highest BCUT2D eigenvalue weighted by Gasteiger charge is 2.13. The molecule has 0 fully saturated rings. The van der Waals surface area contributed by atoms with Gasteiger partial charge < -0.3 is 13.9 Å². The lowest BCUT2D eigenvalue weighted by Gasteiger charge is -2.13. The lowest BCUT2D eigenvalue weighted by atomic mass is 10.2. The third-order valence-electron chi connectivity index (χ3n) is 4.51. The van der Waals surface area contributed by atoms with Gasteiger partial charge in [0.25, 0.3) is 0 Å². The molecule has 2 aromatic carbocycles. The summed E-state index contributed by atoms with van der Waals surface area (Å²) in [5.74, 6) is 0.233. The molecule has 2 heterocycles. The summed E-state index contributed by atoms with van der Waals surface area (Å²) in [6.45, 7) is 3.97. The minimum Gasteiger partial charge on any atom is -0.423 e. The quantitative estimate of drug-likeness (QED) is 0.587. The van der Waals surface area contributed by atoms with E-state index in [1.807, 2.05) is 29.8 Å². The molecule has 4 aromatic rings. The van der Waals surface area contributed by atoms with Crippen molar-refractivity contribution in [3.8, 4) is 0 Å². The number of nitrogens with one attached hydrogen (secondary N) is 1. The number of oxazole rings is 1. The number of anilines is 2. The third-order valence-corrected chi connectivity index (χ3v) is 4.51. The number of aryl methyl sites for hydroxylation is 1. The van der Waals surface area contributed by atoms with Gasteiger partial charge in [-0.3, -0.25) is 5.32 Å². The van der Waals surface area contributed by atoms with Gasteiger partial charge in [0.2, 0.25) is 5.95 Å². The number of nitrogens with zero attached hydrogens (tertiary/aromatic N) is 4. The van der Waals surface area contributed by atoms with Crippen LogP contribution in [-0.2, 0) is 13.6 Å². The number of benzene rings is 2. The molecule has 1 N–H and O–H groups in total. The summed E-state index contributed by atoms with van der Waals surface area (Å²) < 4.78 is 21.0. The third kappa shape index (κ3) is 3.01. The van der Waals surface area contributed by atoms with Gasteiger partial charge in [-0.1, -0.05) is 13.0 Å². The Labute approximate surface area is 150 Å². The predicted molar refractivity (Wildman–Crippen MR) is 100.0 cm³/mol. The zero-order valence-corrected chi connectivity index (χ0v) is 15.0. The van der Waals surface area contributed by atoms with Gasteiger partial charge in [0.1, 0.15) is 11.3 Å². The number of hydrogen-bond acceptors (Lipinski definition) is 5. The number of fused-ring (bicyclic) bond motifs is 2. The average molecular weight is 353 g/mol. The van der Waals surface area contributed by atoms with Crippen molar-refractivity contribution in [1.29, 1.82) is 0 Å². The standard InChI is InChI=1S/C19H20FN5O/c1-4-24(2)11-12-5-8-17-15(9-12)22-19(26-17)23-18-21-14-10-13(20)6-7-16(14)25(18)3/h5-10H,4,11H2,1-3H3,(H,21,22,23). The molecule has 0 saturated carbocycles. The molecule has 7 heteroatoms. The van der Waals surface area contributed by atoms with Crippen molar-refractivity contribution >= 4 is 34.1 Å². The van der Waals surface area contributed by atoms with E-state index in [-0.39, 0.29) is 5.82 Å². The Balaban J connectivity index is 1.64. The van der Waals surface area contributed by atoms with E-state index < -0.39 is 0 Å². The van der Waals surface area contributed by atoms with E-state index in [9.17, 15) is 4.39 Å². The van der Waals surface area contributed by atoms with Gasteiger partial charge in [-0.2, -0.15) is 4.98 Å². The van der Waals surface area contributed by atoms with Crippen molar-refractivity contribution in [2.24, 2.45) is 7.05 Å². The first-order valence-electron chi connectivity index (χ1n) is 8.50. The largest absolute Gasteiger partial charge is 0.423 e. The average Bonchev–Trinajstić information content (AvgIpc) is 3.15. The van der Waals surface area contributed by atoms with Crippen molar-refractivity contribution in [2.75, 3.05) is 18.9 Å². The molecule has 0 unspecified atom stereocenters. The molecule has 2 aromatic heterocycles. The maximum atomic E-state index is 13.4. The molecule has 0 radical (unpaired) electrons. The molecule has 6 nitrogen and oxygen atoms in total. The lowest BCUT2D eigenvalue weighted by molar-refractivity contribution is 0.346. The van der Waals surface area contributed by atoms with E-state index in [0.717, 1.165) is 24.1 Å². The number of hydrogen-bond donors (Lipinski definition) is 1. The highest BCUT2D eigenvalue weighted by atomic mass is 19.1. The Morgan fingerprint density at radius 1 is 1.15 bits per heavy atom. The van der Waals surface area contributed by atoms with Crippen LogP contribution in [0.1, 0.15) is 12.5 Å². The summed E-state index contributed by atoms with van der Waals surface area (Å²) in [4.78, 5) is 11.1. The normalized spacial score (nSPS) is 11.7. The first-order chi connectivity index (χ1) is 12.5. The molecule has 0 atom stereocenters. The molecule has 134 valence electrons. The van der Waals surface area contributed by atoms with Crippen LogP contribution in [0, 0.1) is 5.82 Å². The van der Waals surface area contributed by atoms with Gasteiger partial charge in [0, 0.05) is 19.7 Å². The zero-order valence-electron chi connectivity index (χ0n) is 15.0. The molecular formula is C19H20FN5O. The van der Waals surface area contributed by atoms with Crippen LogP contribution < -0.4 is 5.32 Å². The Kier molecular flexibility index (Phi) is 4.08. The monoisotopic (exact) mass is 353 g/mol. The Hall–Kier alpha value is -2.93. The summed E-state index contributed by atoms with van der Waals surface area (Å²) in [7, 11) is 3.94. The molecule has 26 heavy (non-hydrogen) atoms. The number of imidazole rings is 1. The molecule has 0 aliphatic carbocycles. The second kappa shape index (κ2) is 6.42. The van der Waals surface area contributed by atoms with Crippen LogP contribution >= 0.6 is 0 Å². The summed E-state index contributed by atoms with van der Waals surface area (Å²) in [5, 5.41) is 3.08. The van der Waals surface area contributed by atoms with Crippen molar-refractivity contribution < 1.29 is 8.81 Å². The molecular weight excluding hydrogens is 333 g/mol. The maximum Gasteiger partial charge on any atom is 0.302 e. The van der Waals surface area contributed by atoms with Crippen LogP contribution in [0.5, 0.6) is 0 Å². The lowest BCUT2D eigenvalue weighted by Crippen LogP contribution is -2.16. The summed E-state index contributed by atoms with van der Waals surface area (Å²) >= 11 is 0. The second-order valence-corrected chi connectivity index (χ2v) is 6.40. The van der Waals surface area contributed by atoms with Gasteiger partial charge >= 0.3 is 6.01 Å². The van der Waals surface area contributed by atoms with E-state index in [4.69, 9.17) is 4.42 Å². The van der Waals surface area contributed by atoms with Gasteiger partial charge in [-0.25, -0.2) is 9.37 Å². The zero-order chi connectivity index (χ0) is 18.3. The molecule has 0 amide bonds. The highest BCUT2D eigenvalue weighted by Crippen LogP contribution is 2.25. The molecule has 0 bridgehead atoms. The van der Waals surface area contributed by atoms with E-state index in [2.05, 4.69) is 34.2 Å². The molecule has 4 rings (SSSR count). The van der Waals surface area contributed by atoms with Crippen LogP contribution in [0.4, 0.5) is 16.4 Å². The molecule has 0 spiro atoms. The Bertz CT molecular complexity index is 1080. The van der Waals surface area contributed by atoms with Crippen LogP contribution in [0.25, 0.3) is 22.1 Å². The second-order valence-electron chi connectivity index (χ2n) is 6.40. The van der Waals surface area contributed by atoms with Crippen LogP contribution in [-0.4, -0.2) is 33.0 Å². The SMILES string of the molecule is CCN(C)Cc1ccc2oc(Nc3nc4cc(F)ccc4n3C)nc2c1. The summed E-state index contributed by atoms with van der Waals surface area (Å²) in [6, 6.07) is 10.9. The Morgan fingerprint density at radius 2 is 2.00 bits per heavy atom. The van der Waals surface area contributed by atoms with Crippen LogP contribution in [0.15, 0.2) is 40.8 Å². The van der Waals surface area contributed by atoms with Crippen molar-refractivity contribution in [2.45, 2.75) is 13.5 Å². The number of halogens is 1. The van der Waals surface area contributed by atoms with Gasteiger partial charge in [-0.05, 0) is 43.4 Å². The predicted octanol–water partition coefficient (Wildman–Crippen LogP) is 4.05. The van der Waals surface area contributed by atoms with E-state index in [1.54, 1.807) is 6.07 Å². The molecule has 0 saturated heterocycles. The molecule has 0 aliphatic heterocycles. The van der Waals surface area contributed by atoms with Crippen molar-refractivity contribution in [3.63, 3.8) is 0 Å². The molecule has 0 aliphatic rings.